The third kappa shape index (κ3) is 3.58. The number of hydrogen-bond donors (Lipinski definition) is 2. The van der Waals surface area contributed by atoms with E-state index in [0.717, 1.165) is 23.1 Å². The van der Waals surface area contributed by atoms with Gasteiger partial charge >= 0.3 is 0 Å². The summed E-state index contributed by atoms with van der Waals surface area (Å²) in [6.45, 7) is 4.00. The number of rotatable bonds is 5. The van der Waals surface area contributed by atoms with Crippen LogP contribution in [0.1, 0.15) is 13.8 Å². The van der Waals surface area contributed by atoms with E-state index < -0.39 is 0 Å². The summed E-state index contributed by atoms with van der Waals surface area (Å²) in [5.41, 5.74) is 0.886. The second-order valence-electron chi connectivity index (χ2n) is 4.33. The molecule has 0 saturated heterocycles. The van der Waals surface area contributed by atoms with E-state index in [4.69, 9.17) is 4.74 Å². The number of hydrogen-bond acceptors (Lipinski definition) is 5. The minimum atomic E-state index is 0.126. The van der Waals surface area contributed by atoms with Crippen molar-refractivity contribution in [1.29, 1.82) is 0 Å². The number of ether oxygens (including phenoxy) is 1. The van der Waals surface area contributed by atoms with Gasteiger partial charge in [-0.25, -0.2) is 9.97 Å². The maximum absolute atomic E-state index is 5.75. The molecule has 0 spiro atoms. The van der Waals surface area contributed by atoms with Gasteiger partial charge < -0.3 is 15.4 Å². The zero-order chi connectivity index (χ0) is 13.7. The lowest BCUT2D eigenvalue weighted by Crippen LogP contribution is -2.07. The lowest BCUT2D eigenvalue weighted by Gasteiger charge is -2.15. The Hall–Kier alpha value is -2.30. The topological polar surface area (TPSA) is 59.1 Å². The fourth-order valence-electron chi connectivity index (χ4n) is 1.63. The minimum Gasteiger partial charge on any atom is -0.489 e. The Labute approximate surface area is 113 Å². The molecule has 0 saturated carbocycles. The molecule has 0 fully saturated rings. The minimum absolute atomic E-state index is 0.126. The van der Waals surface area contributed by atoms with E-state index in [1.165, 1.54) is 6.33 Å². The maximum atomic E-state index is 5.75. The van der Waals surface area contributed by atoms with Gasteiger partial charge in [0, 0.05) is 13.1 Å². The van der Waals surface area contributed by atoms with Gasteiger partial charge in [-0.15, -0.1) is 0 Å². The predicted octanol–water partition coefficient (Wildman–Crippen LogP) is 3.05. The van der Waals surface area contributed by atoms with Crippen molar-refractivity contribution >= 4 is 17.3 Å². The number of aromatic nitrogens is 2. The molecule has 1 heterocycles. The largest absolute Gasteiger partial charge is 0.489 e. The monoisotopic (exact) mass is 258 g/mol. The molecule has 0 amide bonds. The number of benzene rings is 1. The molecule has 0 unspecified atom stereocenters. The quantitative estimate of drug-likeness (QED) is 0.863. The van der Waals surface area contributed by atoms with Crippen LogP contribution in [0.5, 0.6) is 5.75 Å². The van der Waals surface area contributed by atoms with Crippen LogP contribution in [0.4, 0.5) is 17.3 Å². The molecule has 5 nitrogen and oxygen atoms in total. The summed E-state index contributed by atoms with van der Waals surface area (Å²) in [5.74, 6) is 2.29. The average molecular weight is 258 g/mol. The van der Waals surface area contributed by atoms with Gasteiger partial charge in [0.2, 0.25) is 0 Å². The van der Waals surface area contributed by atoms with Crippen LogP contribution in [-0.4, -0.2) is 23.1 Å². The molecule has 2 N–H and O–H groups in total. The number of nitrogens with one attached hydrogen (secondary N) is 2. The summed E-state index contributed by atoms with van der Waals surface area (Å²) >= 11 is 0. The van der Waals surface area contributed by atoms with Gasteiger partial charge in [0.25, 0.3) is 0 Å². The number of para-hydroxylation sites is 2. The van der Waals surface area contributed by atoms with Crippen molar-refractivity contribution < 1.29 is 4.74 Å². The van der Waals surface area contributed by atoms with Crippen LogP contribution < -0.4 is 15.4 Å². The van der Waals surface area contributed by atoms with Crippen LogP contribution in [0.25, 0.3) is 0 Å². The summed E-state index contributed by atoms with van der Waals surface area (Å²) in [6, 6.07) is 9.63. The Bertz CT molecular complexity index is 542. The summed E-state index contributed by atoms with van der Waals surface area (Å²) < 4.78 is 5.75. The van der Waals surface area contributed by atoms with Crippen molar-refractivity contribution in [1.82, 2.24) is 9.97 Å². The fourth-order valence-corrected chi connectivity index (χ4v) is 1.63. The zero-order valence-corrected chi connectivity index (χ0v) is 11.3. The molecular formula is C14H18N4O. The van der Waals surface area contributed by atoms with Gasteiger partial charge in [-0.3, -0.25) is 0 Å². The molecule has 1 aromatic carbocycles. The van der Waals surface area contributed by atoms with E-state index in [9.17, 15) is 0 Å². The molecule has 2 rings (SSSR count). The third-order valence-corrected chi connectivity index (χ3v) is 2.44. The van der Waals surface area contributed by atoms with E-state index in [2.05, 4.69) is 20.6 Å². The first-order chi connectivity index (χ1) is 9.19. The van der Waals surface area contributed by atoms with Crippen LogP contribution in [0, 0.1) is 0 Å². The Balaban J connectivity index is 2.22. The van der Waals surface area contributed by atoms with E-state index >= 15 is 0 Å². The van der Waals surface area contributed by atoms with Gasteiger partial charge in [0.05, 0.1) is 11.8 Å². The van der Waals surface area contributed by atoms with Gasteiger partial charge in [-0.2, -0.15) is 0 Å². The Morgan fingerprint density at radius 3 is 2.58 bits per heavy atom. The highest BCUT2D eigenvalue weighted by atomic mass is 16.5. The van der Waals surface area contributed by atoms with Gasteiger partial charge in [-0.1, -0.05) is 12.1 Å². The molecule has 0 aliphatic carbocycles. The van der Waals surface area contributed by atoms with Crippen molar-refractivity contribution in [2.24, 2.45) is 0 Å². The first-order valence-corrected chi connectivity index (χ1v) is 6.21. The smallest absolute Gasteiger partial charge is 0.143 e. The van der Waals surface area contributed by atoms with Crippen LogP contribution in [0.3, 0.4) is 0 Å². The number of nitrogens with zero attached hydrogens (tertiary/aromatic N) is 2. The lowest BCUT2D eigenvalue weighted by atomic mass is 10.3. The fraction of sp³-hybridized carbons (Fsp3) is 0.286. The standard InChI is InChI=1S/C14H18N4O/c1-10(2)19-12-7-5-4-6-11(12)18-14-8-13(15-3)16-9-17-14/h4-10H,1-3H3,(H2,15,16,17,18). The Morgan fingerprint density at radius 1 is 1.11 bits per heavy atom. The first kappa shape index (κ1) is 13.1. The first-order valence-electron chi connectivity index (χ1n) is 6.21. The van der Waals surface area contributed by atoms with Crippen molar-refractivity contribution in [3.8, 4) is 5.75 Å². The summed E-state index contributed by atoms with van der Waals surface area (Å²) in [5, 5.41) is 6.21. The summed E-state index contributed by atoms with van der Waals surface area (Å²) in [6.07, 6.45) is 1.64. The molecule has 0 atom stereocenters. The third-order valence-electron chi connectivity index (χ3n) is 2.44. The molecule has 0 aliphatic rings. The van der Waals surface area contributed by atoms with E-state index in [1.54, 1.807) is 0 Å². The highest BCUT2D eigenvalue weighted by Gasteiger charge is 2.06. The zero-order valence-electron chi connectivity index (χ0n) is 11.3. The second-order valence-corrected chi connectivity index (χ2v) is 4.33. The molecule has 0 aliphatic heterocycles. The molecule has 19 heavy (non-hydrogen) atoms. The Kier molecular flexibility index (Phi) is 4.18. The van der Waals surface area contributed by atoms with Crippen molar-refractivity contribution in [2.45, 2.75) is 20.0 Å². The normalized spacial score (nSPS) is 10.3. The molecule has 0 radical (unpaired) electrons. The summed E-state index contributed by atoms with van der Waals surface area (Å²) in [7, 11) is 1.82. The number of anilines is 3. The molecule has 0 bridgehead atoms. The predicted molar refractivity (Wildman–Crippen MR) is 77.1 cm³/mol. The van der Waals surface area contributed by atoms with Crippen molar-refractivity contribution in [3.05, 3.63) is 36.7 Å². The van der Waals surface area contributed by atoms with Crippen LogP contribution in [0.2, 0.25) is 0 Å². The van der Waals surface area contributed by atoms with Crippen LogP contribution in [0.15, 0.2) is 36.7 Å². The van der Waals surface area contributed by atoms with E-state index in [1.807, 2.05) is 51.2 Å². The molecular weight excluding hydrogens is 240 g/mol. The van der Waals surface area contributed by atoms with Crippen LogP contribution in [-0.2, 0) is 0 Å². The average Bonchev–Trinajstić information content (AvgIpc) is 2.41. The van der Waals surface area contributed by atoms with Gasteiger partial charge in [0.1, 0.15) is 23.7 Å². The van der Waals surface area contributed by atoms with E-state index in [0.29, 0.717) is 0 Å². The summed E-state index contributed by atoms with van der Waals surface area (Å²) in [4.78, 5) is 8.26. The molecule has 100 valence electrons. The maximum Gasteiger partial charge on any atom is 0.143 e. The molecule has 5 heteroatoms. The molecule has 1 aromatic heterocycles. The van der Waals surface area contributed by atoms with Crippen molar-refractivity contribution in [3.63, 3.8) is 0 Å². The van der Waals surface area contributed by atoms with Crippen LogP contribution >= 0.6 is 0 Å². The highest BCUT2D eigenvalue weighted by Crippen LogP contribution is 2.27. The lowest BCUT2D eigenvalue weighted by molar-refractivity contribution is 0.244. The second kappa shape index (κ2) is 6.04. The van der Waals surface area contributed by atoms with Crippen molar-refractivity contribution in [2.75, 3.05) is 17.7 Å². The highest BCUT2D eigenvalue weighted by molar-refractivity contribution is 5.65. The van der Waals surface area contributed by atoms with Gasteiger partial charge in [-0.05, 0) is 26.0 Å². The molecule has 2 aromatic rings. The van der Waals surface area contributed by atoms with Gasteiger partial charge in [0.15, 0.2) is 0 Å². The SMILES string of the molecule is CNc1cc(Nc2ccccc2OC(C)C)ncn1. The van der Waals surface area contributed by atoms with E-state index in [-0.39, 0.29) is 6.10 Å². The Morgan fingerprint density at radius 2 is 1.84 bits per heavy atom.